The Labute approximate surface area is 237 Å². The lowest BCUT2D eigenvalue weighted by Crippen LogP contribution is -2.42. The van der Waals surface area contributed by atoms with Gasteiger partial charge in [0.25, 0.3) is 0 Å². The molecule has 1 aliphatic rings. The van der Waals surface area contributed by atoms with E-state index in [1.165, 1.54) is 16.9 Å². The number of hydrogen-bond donors (Lipinski definition) is 1. The van der Waals surface area contributed by atoms with Gasteiger partial charge < -0.3 is 24.1 Å². The average molecular weight is 580 g/mol. The van der Waals surface area contributed by atoms with E-state index in [1.54, 1.807) is 39.0 Å². The molecular formula is C30H37F4N3O4. The van der Waals surface area contributed by atoms with Crippen LogP contribution < -0.4 is 9.47 Å². The van der Waals surface area contributed by atoms with Crippen LogP contribution in [-0.4, -0.2) is 79.2 Å². The molecule has 2 aromatic carbocycles. The van der Waals surface area contributed by atoms with Crippen molar-refractivity contribution in [1.29, 1.82) is 0 Å². The number of carbonyl (C=O) groups excluding carboxylic acids is 1. The number of amides is 1. The minimum Gasteiger partial charge on any atom is -0.496 e. The zero-order valence-electron chi connectivity index (χ0n) is 23.8. The lowest BCUT2D eigenvalue weighted by molar-refractivity contribution is -0.150. The Hall–Kier alpha value is -3.47. The number of halogens is 4. The second-order valence-electron chi connectivity index (χ2n) is 11.1. The van der Waals surface area contributed by atoms with E-state index >= 15 is 0 Å². The van der Waals surface area contributed by atoms with Crippen molar-refractivity contribution in [2.45, 2.75) is 51.4 Å². The van der Waals surface area contributed by atoms with Gasteiger partial charge in [-0.2, -0.15) is 13.2 Å². The standard InChI is InChI=1S/C30H37F4N3O4/c1-29(2,3)41-28(38)36(14-7-13-31)16-17-40-20-10-11-25(39-4)23(18-20)27-26-22(12-15-37(27)19-30(32,33)34)21-8-5-6-9-24(21)35-26/h5-6,8-11,18,27,35H,7,12-17,19H2,1-4H3/t27-/m1/s1. The Kier molecular flexibility index (Phi) is 9.36. The SMILES string of the molecule is COc1ccc(OCCN(CCCF)C(=O)OC(C)(C)C)cc1[C@@H]1c2[nH]c3ccccc3c2CCN1CC(F)(F)F. The van der Waals surface area contributed by atoms with E-state index in [-0.39, 0.29) is 32.7 Å². The molecule has 0 saturated heterocycles. The lowest BCUT2D eigenvalue weighted by Gasteiger charge is -2.37. The van der Waals surface area contributed by atoms with Crippen molar-refractivity contribution in [2.75, 3.05) is 46.6 Å². The number of para-hydroxylation sites is 1. The monoisotopic (exact) mass is 579 g/mol. The fourth-order valence-corrected chi connectivity index (χ4v) is 5.20. The number of aromatic nitrogens is 1. The number of hydrogen-bond acceptors (Lipinski definition) is 5. The molecule has 1 aliphatic heterocycles. The first kappa shape index (κ1) is 30.5. The summed E-state index contributed by atoms with van der Waals surface area (Å²) in [5, 5.41) is 0.987. The minimum atomic E-state index is -4.39. The molecule has 41 heavy (non-hydrogen) atoms. The van der Waals surface area contributed by atoms with Gasteiger partial charge >= 0.3 is 12.3 Å². The normalized spacial score (nSPS) is 16.0. The van der Waals surface area contributed by atoms with Crippen molar-refractivity contribution < 1.29 is 36.6 Å². The first-order valence-corrected chi connectivity index (χ1v) is 13.6. The molecule has 224 valence electrons. The largest absolute Gasteiger partial charge is 0.496 e. The fourth-order valence-electron chi connectivity index (χ4n) is 5.20. The average Bonchev–Trinajstić information content (AvgIpc) is 3.27. The van der Waals surface area contributed by atoms with E-state index in [0.717, 1.165) is 16.5 Å². The number of alkyl halides is 4. The van der Waals surface area contributed by atoms with Gasteiger partial charge in [0.15, 0.2) is 0 Å². The van der Waals surface area contributed by atoms with Gasteiger partial charge in [-0.1, -0.05) is 18.2 Å². The molecule has 0 radical (unpaired) electrons. The quantitative estimate of drug-likeness (QED) is 0.272. The molecule has 0 saturated carbocycles. The van der Waals surface area contributed by atoms with Crippen LogP contribution >= 0.6 is 0 Å². The highest BCUT2D eigenvalue weighted by molar-refractivity contribution is 5.85. The summed E-state index contributed by atoms with van der Waals surface area (Å²) in [5.74, 6) is 0.838. The molecule has 1 aromatic heterocycles. The van der Waals surface area contributed by atoms with Gasteiger partial charge in [0.1, 0.15) is 23.7 Å². The maximum atomic E-state index is 13.7. The Bertz CT molecular complexity index is 1340. The predicted octanol–water partition coefficient (Wildman–Crippen LogP) is 6.66. The van der Waals surface area contributed by atoms with E-state index in [0.29, 0.717) is 29.2 Å². The van der Waals surface area contributed by atoms with Crippen LogP contribution in [0.1, 0.15) is 50.1 Å². The zero-order chi connectivity index (χ0) is 29.8. The summed E-state index contributed by atoms with van der Waals surface area (Å²) >= 11 is 0. The molecule has 7 nitrogen and oxygen atoms in total. The predicted molar refractivity (Wildman–Crippen MR) is 148 cm³/mol. The summed E-state index contributed by atoms with van der Waals surface area (Å²) in [6.45, 7) is 4.19. The van der Waals surface area contributed by atoms with Crippen molar-refractivity contribution in [2.24, 2.45) is 0 Å². The summed E-state index contributed by atoms with van der Waals surface area (Å²) in [4.78, 5) is 18.8. The van der Waals surface area contributed by atoms with E-state index < -0.39 is 37.1 Å². The number of nitrogens with zero attached hydrogens (tertiary/aromatic N) is 2. The number of aromatic amines is 1. The number of benzene rings is 2. The number of H-pyrrole nitrogens is 1. The summed E-state index contributed by atoms with van der Waals surface area (Å²) in [5.41, 5.74) is 2.36. The molecule has 2 heterocycles. The summed E-state index contributed by atoms with van der Waals surface area (Å²) in [6.07, 6.45) is -4.33. The molecule has 11 heteroatoms. The molecule has 0 unspecified atom stereocenters. The fraction of sp³-hybridized carbons (Fsp3) is 0.500. The highest BCUT2D eigenvalue weighted by Gasteiger charge is 2.40. The van der Waals surface area contributed by atoms with Crippen molar-refractivity contribution >= 4 is 17.0 Å². The molecule has 0 fully saturated rings. The second kappa shape index (κ2) is 12.6. The van der Waals surface area contributed by atoms with Crippen molar-refractivity contribution in [3.05, 3.63) is 59.3 Å². The van der Waals surface area contributed by atoms with Crippen molar-refractivity contribution in [3.63, 3.8) is 0 Å². The van der Waals surface area contributed by atoms with E-state index in [2.05, 4.69) is 4.98 Å². The maximum Gasteiger partial charge on any atom is 0.410 e. The Morgan fingerprint density at radius 2 is 1.88 bits per heavy atom. The number of methoxy groups -OCH3 is 1. The van der Waals surface area contributed by atoms with Crippen LogP contribution in [0.25, 0.3) is 10.9 Å². The minimum absolute atomic E-state index is 0.0753. The van der Waals surface area contributed by atoms with Gasteiger partial charge in [-0.3, -0.25) is 9.29 Å². The van der Waals surface area contributed by atoms with Gasteiger partial charge in [0, 0.05) is 35.2 Å². The number of rotatable bonds is 10. The summed E-state index contributed by atoms with van der Waals surface area (Å²) in [6, 6.07) is 12.0. The van der Waals surface area contributed by atoms with Crippen LogP contribution in [0.5, 0.6) is 11.5 Å². The number of fused-ring (bicyclic) bond motifs is 3. The molecule has 1 N–H and O–H groups in total. The van der Waals surface area contributed by atoms with Crippen LogP contribution in [0.4, 0.5) is 22.4 Å². The topological polar surface area (TPSA) is 67.0 Å². The summed E-state index contributed by atoms with van der Waals surface area (Å²) in [7, 11) is 1.48. The van der Waals surface area contributed by atoms with E-state index in [9.17, 15) is 22.4 Å². The first-order chi connectivity index (χ1) is 19.4. The van der Waals surface area contributed by atoms with Crippen molar-refractivity contribution in [3.8, 4) is 11.5 Å². The van der Waals surface area contributed by atoms with Crippen LogP contribution in [0.15, 0.2) is 42.5 Å². The Morgan fingerprint density at radius 1 is 1.12 bits per heavy atom. The molecule has 0 aliphatic carbocycles. The Morgan fingerprint density at radius 3 is 2.56 bits per heavy atom. The van der Waals surface area contributed by atoms with Crippen LogP contribution in [-0.2, 0) is 11.2 Å². The van der Waals surface area contributed by atoms with Gasteiger partial charge in [-0.15, -0.1) is 0 Å². The summed E-state index contributed by atoms with van der Waals surface area (Å²) < 4.78 is 70.9. The highest BCUT2D eigenvalue weighted by atomic mass is 19.4. The van der Waals surface area contributed by atoms with Gasteiger partial charge in [0.2, 0.25) is 0 Å². The third-order valence-corrected chi connectivity index (χ3v) is 6.86. The second-order valence-corrected chi connectivity index (χ2v) is 11.1. The molecule has 0 spiro atoms. The number of carbonyl (C=O) groups is 1. The van der Waals surface area contributed by atoms with Crippen molar-refractivity contribution in [1.82, 2.24) is 14.8 Å². The zero-order valence-corrected chi connectivity index (χ0v) is 23.8. The molecule has 0 bridgehead atoms. The molecular weight excluding hydrogens is 542 g/mol. The Balaban J connectivity index is 1.62. The maximum absolute atomic E-state index is 13.7. The first-order valence-electron chi connectivity index (χ1n) is 13.6. The van der Waals surface area contributed by atoms with Crippen LogP contribution in [0.3, 0.4) is 0 Å². The van der Waals surface area contributed by atoms with Gasteiger partial charge in [0.05, 0.1) is 32.9 Å². The molecule has 1 amide bonds. The third kappa shape index (κ3) is 7.63. The third-order valence-electron chi connectivity index (χ3n) is 6.86. The van der Waals surface area contributed by atoms with Crippen LogP contribution in [0.2, 0.25) is 0 Å². The van der Waals surface area contributed by atoms with Crippen LogP contribution in [0, 0.1) is 0 Å². The molecule has 4 rings (SSSR count). The van der Waals surface area contributed by atoms with E-state index in [4.69, 9.17) is 14.2 Å². The number of nitrogens with one attached hydrogen (secondary N) is 1. The van der Waals surface area contributed by atoms with Gasteiger partial charge in [-0.25, -0.2) is 4.79 Å². The van der Waals surface area contributed by atoms with Gasteiger partial charge in [-0.05, 0) is 63.4 Å². The number of ether oxygens (including phenoxy) is 3. The van der Waals surface area contributed by atoms with E-state index in [1.807, 2.05) is 24.3 Å². The molecule has 3 aromatic rings. The molecule has 1 atom stereocenters. The highest BCUT2D eigenvalue weighted by Crippen LogP contribution is 2.43. The smallest absolute Gasteiger partial charge is 0.410 e. The lowest BCUT2D eigenvalue weighted by atomic mass is 9.91.